The van der Waals surface area contributed by atoms with E-state index in [2.05, 4.69) is 121 Å². The fourth-order valence-corrected chi connectivity index (χ4v) is 7.18. The summed E-state index contributed by atoms with van der Waals surface area (Å²) in [5.74, 6) is 1.83. The second-order valence-corrected chi connectivity index (χ2v) is 12.8. The fourth-order valence-electron chi connectivity index (χ4n) is 7.18. The normalized spacial score (nSPS) is 11.5. The average Bonchev–Trinajstić information content (AvgIpc) is 3.59. The summed E-state index contributed by atoms with van der Waals surface area (Å²) < 4.78 is 6.51. The molecule has 238 valence electrons. The molecule has 2 aromatic heterocycles. The van der Waals surface area contributed by atoms with Crippen molar-refractivity contribution in [1.29, 1.82) is 0 Å². The third kappa shape index (κ3) is 5.13. The van der Waals surface area contributed by atoms with E-state index in [1.807, 2.05) is 54.6 Å². The first-order chi connectivity index (χ1) is 25.2. The van der Waals surface area contributed by atoms with E-state index in [4.69, 9.17) is 19.4 Å². The molecule has 0 radical (unpaired) electrons. The van der Waals surface area contributed by atoms with Gasteiger partial charge in [-0.25, -0.2) is 15.0 Å². The predicted octanol–water partition coefficient (Wildman–Crippen LogP) is 12.4. The number of nitrogens with zero attached hydrogens (tertiary/aromatic N) is 3. The summed E-state index contributed by atoms with van der Waals surface area (Å²) in [7, 11) is 0. The van der Waals surface area contributed by atoms with Crippen molar-refractivity contribution < 1.29 is 4.42 Å². The highest BCUT2D eigenvalue weighted by Crippen LogP contribution is 2.40. The molecule has 0 saturated carbocycles. The van der Waals surface area contributed by atoms with Gasteiger partial charge in [0.25, 0.3) is 0 Å². The maximum Gasteiger partial charge on any atom is 0.164 e. The van der Waals surface area contributed by atoms with E-state index < -0.39 is 0 Å². The van der Waals surface area contributed by atoms with Crippen molar-refractivity contribution in [3.05, 3.63) is 176 Å². The molecule has 2 heterocycles. The molecule has 8 aromatic carbocycles. The standard InChI is InChI=1S/C47H29N3O/c1-3-11-30(12-4-1)31-19-21-32(22-20-31)37-28-41(44-40-17-9-10-18-42(40)51-43(44)29-37)47-49-45(34-14-5-2-6-15-34)48-46(50-47)36-25-26-39-35(27-36)24-23-33-13-7-8-16-38(33)39/h1-29H. The van der Waals surface area contributed by atoms with Crippen molar-refractivity contribution in [3.8, 4) is 56.4 Å². The quantitative estimate of drug-likeness (QED) is 0.174. The van der Waals surface area contributed by atoms with Crippen molar-refractivity contribution >= 4 is 43.5 Å². The van der Waals surface area contributed by atoms with Crippen LogP contribution in [0.2, 0.25) is 0 Å². The molecule has 4 nitrogen and oxygen atoms in total. The van der Waals surface area contributed by atoms with Crippen molar-refractivity contribution in [1.82, 2.24) is 15.0 Å². The topological polar surface area (TPSA) is 51.8 Å². The number of benzene rings is 8. The molecular formula is C47H29N3O. The molecule has 51 heavy (non-hydrogen) atoms. The maximum absolute atomic E-state index is 6.51. The van der Waals surface area contributed by atoms with E-state index in [0.29, 0.717) is 17.5 Å². The summed E-state index contributed by atoms with van der Waals surface area (Å²) in [5.41, 5.74) is 8.82. The van der Waals surface area contributed by atoms with Gasteiger partial charge >= 0.3 is 0 Å². The van der Waals surface area contributed by atoms with Gasteiger partial charge in [-0.2, -0.15) is 0 Å². The Kier molecular flexibility index (Phi) is 6.78. The van der Waals surface area contributed by atoms with E-state index >= 15 is 0 Å². The zero-order valence-corrected chi connectivity index (χ0v) is 27.5. The van der Waals surface area contributed by atoms with Crippen LogP contribution in [0, 0.1) is 0 Å². The van der Waals surface area contributed by atoms with Gasteiger partial charge in [-0.3, -0.25) is 0 Å². The summed E-state index contributed by atoms with van der Waals surface area (Å²) in [6.07, 6.45) is 0. The van der Waals surface area contributed by atoms with E-state index in [9.17, 15) is 0 Å². The molecule has 4 heteroatoms. The lowest BCUT2D eigenvalue weighted by Crippen LogP contribution is -2.00. The highest BCUT2D eigenvalue weighted by Gasteiger charge is 2.20. The second kappa shape index (κ2) is 11.9. The number of furan rings is 1. The zero-order valence-electron chi connectivity index (χ0n) is 27.5. The number of fused-ring (bicyclic) bond motifs is 6. The lowest BCUT2D eigenvalue weighted by molar-refractivity contribution is 0.669. The summed E-state index contributed by atoms with van der Waals surface area (Å²) in [6.45, 7) is 0. The Hall–Kier alpha value is -6.91. The molecule has 0 saturated heterocycles. The third-order valence-electron chi connectivity index (χ3n) is 9.72. The molecule has 0 N–H and O–H groups in total. The van der Waals surface area contributed by atoms with Crippen LogP contribution in [0.15, 0.2) is 180 Å². The summed E-state index contributed by atoms with van der Waals surface area (Å²) in [5, 5.41) is 6.79. The Morgan fingerprint density at radius 2 is 0.863 bits per heavy atom. The Labute approximate surface area is 294 Å². The van der Waals surface area contributed by atoms with Crippen molar-refractivity contribution in [2.45, 2.75) is 0 Å². The fraction of sp³-hybridized carbons (Fsp3) is 0. The van der Waals surface area contributed by atoms with Gasteiger partial charge in [0, 0.05) is 27.5 Å². The molecule has 0 aliphatic heterocycles. The van der Waals surface area contributed by atoms with E-state index in [1.54, 1.807) is 0 Å². The summed E-state index contributed by atoms with van der Waals surface area (Å²) in [4.78, 5) is 15.5. The second-order valence-electron chi connectivity index (χ2n) is 12.8. The molecule has 0 bridgehead atoms. The summed E-state index contributed by atoms with van der Waals surface area (Å²) in [6, 6.07) is 61.1. The van der Waals surface area contributed by atoms with Crippen LogP contribution in [-0.4, -0.2) is 15.0 Å². The van der Waals surface area contributed by atoms with Gasteiger partial charge in [0.2, 0.25) is 0 Å². The van der Waals surface area contributed by atoms with Crippen LogP contribution < -0.4 is 0 Å². The lowest BCUT2D eigenvalue weighted by Gasteiger charge is -2.12. The van der Waals surface area contributed by atoms with Crippen molar-refractivity contribution in [2.24, 2.45) is 0 Å². The zero-order chi connectivity index (χ0) is 33.7. The smallest absolute Gasteiger partial charge is 0.164 e. The van der Waals surface area contributed by atoms with Gasteiger partial charge in [-0.05, 0) is 68.1 Å². The van der Waals surface area contributed by atoms with E-state index in [-0.39, 0.29) is 0 Å². The molecule has 0 unspecified atom stereocenters. The Bertz CT molecular complexity index is 2900. The first-order valence-corrected chi connectivity index (χ1v) is 17.1. The molecule has 10 aromatic rings. The third-order valence-corrected chi connectivity index (χ3v) is 9.72. The Morgan fingerprint density at radius 3 is 1.65 bits per heavy atom. The van der Waals surface area contributed by atoms with Crippen LogP contribution in [0.25, 0.3) is 99.9 Å². The minimum Gasteiger partial charge on any atom is -0.456 e. The van der Waals surface area contributed by atoms with Crippen LogP contribution in [0.3, 0.4) is 0 Å². The van der Waals surface area contributed by atoms with Gasteiger partial charge in [-0.15, -0.1) is 0 Å². The molecule has 0 aliphatic rings. The Morgan fingerprint density at radius 1 is 0.314 bits per heavy atom. The molecule has 10 rings (SSSR count). The molecule has 0 amide bonds. The molecule has 0 spiro atoms. The van der Waals surface area contributed by atoms with Gasteiger partial charge < -0.3 is 4.42 Å². The SMILES string of the molecule is c1ccc(-c2ccc(-c3cc(-c4nc(-c5ccccc5)nc(-c5ccc6c(ccc7ccccc76)c5)n4)c4c(c3)oc3ccccc34)cc2)cc1. The van der Waals surface area contributed by atoms with Crippen molar-refractivity contribution in [3.63, 3.8) is 0 Å². The highest BCUT2D eigenvalue weighted by molar-refractivity contribution is 6.13. The predicted molar refractivity (Wildman–Crippen MR) is 209 cm³/mol. The first-order valence-electron chi connectivity index (χ1n) is 17.1. The van der Waals surface area contributed by atoms with Gasteiger partial charge in [0.05, 0.1) is 0 Å². The minimum absolute atomic E-state index is 0.594. The monoisotopic (exact) mass is 651 g/mol. The maximum atomic E-state index is 6.51. The number of hydrogen-bond acceptors (Lipinski definition) is 4. The summed E-state index contributed by atoms with van der Waals surface area (Å²) >= 11 is 0. The Balaban J connectivity index is 1.19. The largest absolute Gasteiger partial charge is 0.456 e. The number of aromatic nitrogens is 3. The molecular weight excluding hydrogens is 623 g/mol. The van der Waals surface area contributed by atoms with Gasteiger partial charge in [0.1, 0.15) is 11.2 Å². The average molecular weight is 652 g/mol. The first kappa shape index (κ1) is 29.0. The minimum atomic E-state index is 0.594. The molecule has 0 fully saturated rings. The van der Waals surface area contributed by atoms with Crippen molar-refractivity contribution in [2.75, 3.05) is 0 Å². The molecule has 0 atom stereocenters. The van der Waals surface area contributed by atoms with Crippen LogP contribution >= 0.6 is 0 Å². The van der Waals surface area contributed by atoms with Crippen LogP contribution in [-0.2, 0) is 0 Å². The number of para-hydroxylation sites is 1. The lowest BCUT2D eigenvalue weighted by atomic mass is 9.96. The van der Waals surface area contributed by atoms with Crippen LogP contribution in [0.5, 0.6) is 0 Å². The van der Waals surface area contributed by atoms with Gasteiger partial charge in [-0.1, -0.05) is 152 Å². The van der Waals surface area contributed by atoms with Crippen LogP contribution in [0.4, 0.5) is 0 Å². The number of rotatable bonds is 5. The van der Waals surface area contributed by atoms with E-state index in [1.165, 1.54) is 27.3 Å². The van der Waals surface area contributed by atoms with Crippen LogP contribution in [0.1, 0.15) is 0 Å². The highest BCUT2D eigenvalue weighted by atomic mass is 16.3. The molecule has 0 aliphatic carbocycles. The van der Waals surface area contributed by atoms with E-state index in [0.717, 1.165) is 55.1 Å². The van der Waals surface area contributed by atoms with Gasteiger partial charge in [0.15, 0.2) is 17.5 Å². The number of hydrogen-bond donors (Lipinski definition) is 0.